The van der Waals surface area contributed by atoms with Gasteiger partial charge in [-0.2, -0.15) is 0 Å². The minimum atomic E-state index is 0.885. The molecule has 0 aromatic heterocycles. The fraction of sp³-hybridized carbons (Fsp3) is 0.333. The summed E-state index contributed by atoms with van der Waals surface area (Å²) in [5.41, 5.74) is 0.885. The Bertz CT molecular complexity index is 122. The molecule has 2 nitrogen and oxygen atoms in total. The summed E-state index contributed by atoms with van der Waals surface area (Å²) < 4.78 is 0. The lowest BCUT2D eigenvalue weighted by Crippen LogP contribution is -1.68. The molecule has 0 aliphatic carbocycles. The summed E-state index contributed by atoms with van der Waals surface area (Å²) >= 11 is 0. The van der Waals surface area contributed by atoms with E-state index in [0.717, 1.165) is 5.70 Å². The Hall–Kier alpha value is -0.920. The highest BCUT2D eigenvalue weighted by molar-refractivity contribution is 5.71. The van der Waals surface area contributed by atoms with E-state index in [2.05, 4.69) is 16.7 Å². The van der Waals surface area contributed by atoms with Crippen LogP contribution in [0.4, 0.5) is 0 Å². The van der Waals surface area contributed by atoms with Crippen molar-refractivity contribution in [3.05, 3.63) is 11.8 Å². The maximum atomic E-state index is 3.73. The zero-order valence-corrected chi connectivity index (χ0v) is 5.26. The van der Waals surface area contributed by atoms with Crippen molar-refractivity contribution >= 4 is 12.9 Å². The Morgan fingerprint density at radius 3 is 2.62 bits per heavy atom. The third-order valence-corrected chi connectivity index (χ3v) is 0.714. The lowest BCUT2D eigenvalue weighted by Gasteiger charge is -1.81. The van der Waals surface area contributed by atoms with Crippen LogP contribution in [0.1, 0.15) is 6.92 Å². The van der Waals surface area contributed by atoms with Gasteiger partial charge in [-0.1, -0.05) is 0 Å². The van der Waals surface area contributed by atoms with Crippen molar-refractivity contribution in [1.29, 1.82) is 0 Å². The van der Waals surface area contributed by atoms with Crippen LogP contribution in [0, 0.1) is 0 Å². The summed E-state index contributed by atoms with van der Waals surface area (Å²) in [5.74, 6) is 0. The van der Waals surface area contributed by atoms with Crippen molar-refractivity contribution < 1.29 is 0 Å². The van der Waals surface area contributed by atoms with Gasteiger partial charge in [0, 0.05) is 19.0 Å². The molecule has 0 atom stereocenters. The van der Waals surface area contributed by atoms with Crippen molar-refractivity contribution in [3.8, 4) is 0 Å². The quantitative estimate of drug-likeness (QED) is 0.478. The van der Waals surface area contributed by atoms with Gasteiger partial charge in [0.1, 0.15) is 0 Å². The Morgan fingerprint density at radius 2 is 2.25 bits per heavy atom. The first-order chi connectivity index (χ1) is 3.81. The second kappa shape index (κ2) is 4.24. The maximum absolute atomic E-state index is 3.73. The molecule has 0 bridgehead atoms. The molecule has 0 radical (unpaired) electrons. The highest BCUT2D eigenvalue weighted by atomic mass is 14.7. The number of allylic oxidation sites excluding steroid dienone is 2. The zero-order chi connectivity index (χ0) is 6.41. The molecule has 44 valence electrons. The molecule has 0 heterocycles. The molecule has 0 rings (SSSR count). The lowest BCUT2D eigenvalue weighted by atomic mass is 10.5. The van der Waals surface area contributed by atoms with Crippen molar-refractivity contribution in [1.82, 2.24) is 0 Å². The highest BCUT2D eigenvalue weighted by Crippen LogP contribution is 1.87. The molecule has 0 fully saturated rings. The third kappa shape index (κ3) is 3.28. The van der Waals surface area contributed by atoms with E-state index < -0.39 is 0 Å². The molecule has 0 saturated heterocycles. The molecule has 0 spiro atoms. The third-order valence-electron chi connectivity index (χ3n) is 0.714. The standard InChI is InChI=1S/C6H10N2/c1-6(8-3)4-5-7-2/h4-5H,3H2,1-2H3/b6-4-,7-5?. The van der Waals surface area contributed by atoms with Crippen LogP contribution in [0.2, 0.25) is 0 Å². The van der Waals surface area contributed by atoms with Crippen molar-refractivity contribution in [2.45, 2.75) is 6.92 Å². The van der Waals surface area contributed by atoms with Crippen LogP contribution in [-0.4, -0.2) is 20.0 Å². The van der Waals surface area contributed by atoms with Gasteiger partial charge < -0.3 is 0 Å². The van der Waals surface area contributed by atoms with Crippen molar-refractivity contribution in [2.75, 3.05) is 7.05 Å². The normalized spacial score (nSPS) is 12.5. The Balaban J connectivity index is 3.74. The minimum Gasteiger partial charge on any atom is -0.296 e. The van der Waals surface area contributed by atoms with Gasteiger partial charge in [0.05, 0.1) is 0 Å². The SMILES string of the molecule is C=N/C(C)=C\C=NC. The van der Waals surface area contributed by atoms with Gasteiger partial charge in [-0.05, 0) is 19.7 Å². The van der Waals surface area contributed by atoms with Crippen LogP contribution in [0.25, 0.3) is 0 Å². The van der Waals surface area contributed by atoms with E-state index in [-0.39, 0.29) is 0 Å². The molecule has 0 aromatic rings. The predicted molar refractivity (Wildman–Crippen MR) is 37.7 cm³/mol. The van der Waals surface area contributed by atoms with E-state index in [1.807, 2.05) is 6.92 Å². The Kier molecular flexibility index (Phi) is 3.76. The zero-order valence-electron chi connectivity index (χ0n) is 5.26. The van der Waals surface area contributed by atoms with Gasteiger partial charge in [-0.25, -0.2) is 0 Å². The first-order valence-corrected chi connectivity index (χ1v) is 2.37. The second-order valence-electron chi connectivity index (χ2n) is 1.37. The van der Waals surface area contributed by atoms with Crippen molar-refractivity contribution in [3.63, 3.8) is 0 Å². The molecule has 0 aliphatic heterocycles. The molecule has 0 unspecified atom stereocenters. The number of nitrogens with zero attached hydrogens (tertiary/aromatic N) is 2. The molecule has 0 N–H and O–H groups in total. The van der Waals surface area contributed by atoms with E-state index in [1.54, 1.807) is 19.3 Å². The molecular weight excluding hydrogens is 100 g/mol. The van der Waals surface area contributed by atoms with Gasteiger partial charge in [-0.15, -0.1) is 0 Å². The minimum absolute atomic E-state index is 0.885. The lowest BCUT2D eigenvalue weighted by molar-refractivity contribution is 1.33. The molecule has 2 heteroatoms. The summed E-state index contributed by atoms with van der Waals surface area (Å²) in [6.45, 7) is 5.20. The molecular formula is C6H10N2. The number of rotatable bonds is 2. The van der Waals surface area contributed by atoms with E-state index >= 15 is 0 Å². The summed E-state index contributed by atoms with van der Waals surface area (Å²) in [5, 5.41) is 0. The topological polar surface area (TPSA) is 24.7 Å². The summed E-state index contributed by atoms with van der Waals surface area (Å²) in [6.07, 6.45) is 3.48. The first-order valence-electron chi connectivity index (χ1n) is 2.37. The smallest absolute Gasteiger partial charge is 0.0380 e. The van der Waals surface area contributed by atoms with Gasteiger partial charge in [-0.3, -0.25) is 9.98 Å². The maximum Gasteiger partial charge on any atom is 0.0380 e. The van der Waals surface area contributed by atoms with Gasteiger partial charge in [0.25, 0.3) is 0 Å². The number of hydrogen-bond donors (Lipinski definition) is 0. The second-order valence-corrected chi connectivity index (χ2v) is 1.37. The average Bonchev–Trinajstić information content (AvgIpc) is 1.83. The Morgan fingerprint density at radius 1 is 1.62 bits per heavy atom. The van der Waals surface area contributed by atoms with Crippen LogP contribution in [0.5, 0.6) is 0 Å². The summed E-state index contributed by atoms with van der Waals surface area (Å²) in [7, 11) is 1.72. The van der Waals surface area contributed by atoms with Crippen molar-refractivity contribution in [2.24, 2.45) is 9.98 Å². The molecule has 0 saturated carbocycles. The van der Waals surface area contributed by atoms with E-state index in [1.165, 1.54) is 0 Å². The molecule has 0 aromatic carbocycles. The predicted octanol–water partition coefficient (Wildman–Crippen LogP) is 1.29. The van der Waals surface area contributed by atoms with Crippen LogP contribution in [-0.2, 0) is 0 Å². The summed E-state index contributed by atoms with van der Waals surface area (Å²) in [6, 6.07) is 0. The molecule has 0 amide bonds. The van der Waals surface area contributed by atoms with Gasteiger partial charge in [0.2, 0.25) is 0 Å². The molecule has 0 aliphatic rings. The van der Waals surface area contributed by atoms with Gasteiger partial charge >= 0.3 is 0 Å². The van der Waals surface area contributed by atoms with E-state index in [4.69, 9.17) is 0 Å². The monoisotopic (exact) mass is 110 g/mol. The first kappa shape index (κ1) is 7.08. The van der Waals surface area contributed by atoms with Crippen LogP contribution >= 0.6 is 0 Å². The van der Waals surface area contributed by atoms with Crippen LogP contribution in [0.15, 0.2) is 21.8 Å². The van der Waals surface area contributed by atoms with Crippen LogP contribution in [0.3, 0.4) is 0 Å². The number of hydrogen-bond acceptors (Lipinski definition) is 2. The molecule has 8 heavy (non-hydrogen) atoms. The van der Waals surface area contributed by atoms with Gasteiger partial charge in [0.15, 0.2) is 0 Å². The largest absolute Gasteiger partial charge is 0.296 e. The average molecular weight is 110 g/mol. The number of aliphatic imine (C=N–C) groups is 2. The van der Waals surface area contributed by atoms with Crippen LogP contribution < -0.4 is 0 Å². The fourth-order valence-electron chi connectivity index (χ4n) is 0.235. The fourth-order valence-corrected chi connectivity index (χ4v) is 0.235. The van der Waals surface area contributed by atoms with E-state index in [9.17, 15) is 0 Å². The van der Waals surface area contributed by atoms with E-state index in [0.29, 0.717) is 0 Å². The Labute approximate surface area is 49.7 Å². The summed E-state index contributed by atoms with van der Waals surface area (Å²) in [4.78, 5) is 7.38. The highest BCUT2D eigenvalue weighted by Gasteiger charge is 1.72.